The molecule has 0 spiro atoms. The Morgan fingerprint density at radius 1 is 1.44 bits per heavy atom. The van der Waals surface area contributed by atoms with Crippen LogP contribution in [0.2, 0.25) is 0 Å². The van der Waals surface area contributed by atoms with Crippen LogP contribution < -0.4 is 0 Å². The maximum absolute atomic E-state index is 11.4. The van der Waals surface area contributed by atoms with Gasteiger partial charge in [-0.05, 0) is 0 Å². The Bertz CT molecular complexity index is 248. The zero-order valence-corrected chi connectivity index (χ0v) is 16.4. The van der Waals surface area contributed by atoms with Crippen molar-refractivity contribution >= 4 is 51.9 Å². The molecule has 2 rings (SSSR count). The molecule has 0 aliphatic carbocycles. The van der Waals surface area contributed by atoms with Crippen LogP contribution in [-0.2, 0) is 35.3 Å². The Kier molecular flexibility index (Phi) is 9.57. The van der Waals surface area contributed by atoms with E-state index in [9.17, 15) is 9.59 Å². The Hall–Kier alpha value is 1.63. The van der Waals surface area contributed by atoms with Crippen LogP contribution in [0.15, 0.2) is 0 Å². The second-order valence-electron chi connectivity index (χ2n) is 3.08. The van der Waals surface area contributed by atoms with Crippen molar-refractivity contribution in [3.8, 4) is 0 Å². The molecule has 0 aromatic rings. The summed E-state index contributed by atoms with van der Waals surface area (Å²) in [5.41, 5.74) is 0. The van der Waals surface area contributed by atoms with Gasteiger partial charge in [0.25, 0.3) is 5.91 Å². The van der Waals surface area contributed by atoms with Crippen molar-refractivity contribution in [3.63, 3.8) is 0 Å². The topological polar surface area (TPSA) is 54.7 Å². The molecule has 9 heteroatoms. The normalized spacial score (nSPS) is 23.1. The molecule has 0 N–H and O–H groups in total. The number of carbonyl (C=O) groups excluding carboxylic acids is 2. The van der Waals surface area contributed by atoms with Crippen LogP contribution in [-0.4, -0.2) is 54.5 Å². The quantitative estimate of drug-likeness (QED) is 0.290. The first-order valence-corrected chi connectivity index (χ1v) is 13.3. The van der Waals surface area contributed by atoms with E-state index >= 15 is 0 Å². The van der Waals surface area contributed by atoms with Crippen molar-refractivity contribution in [2.45, 2.75) is 6.04 Å². The van der Waals surface area contributed by atoms with Gasteiger partial charge in [0.15, 0.2) is 0 Å². The van der Waals surface area contributed by atoms with Crippen molar-refractivity contribution in [2.24, 2.45) is 0 Å². The maximum Gasteiger partial charge on any atom is 0 e. The fraction of sp³-hybridized carbons (Fsp3) is 0.714. The van der Waals surface area contributed by atoms with Gasteiger partial charge in [0.05, 0.1) is 6.04 Å². The summed E-state index contributed by atoms with van der Waals surface area (Å²) in [6, 6.07) is -0.490. The molecule has 0 saturated carbocycles. The third kappa shape index (κ3) is 4.08. The van der Waals surface area contributed by atoms with E-state index in [1.807, 2.05) is 0 Å². The minimum Gasteiger partial charge on any atom is 0 e. The number of amides is 3. The summed E-state index contributed by atoms with van der Waals surface area (Å²) in [6.45, 7) is 1.71. The fourth-order valence-corrected chi connectivity index (χ4v) is 1.60. The minimum absolute atomic E-state index is 0. The molecule has 5 nitrogen and oxygen atoms in total. The first kappa shape index (κ1) is 17.6. The van der Waals surface area contributed by atoms with E-state index in [1.165, 1.54) is 11.9 Å². The van der Waals surface area contributed by atoms with Crippen LogP contribution in [0.1, 0.15) is 0 Å². The largest absolute Gasteiger partial charge is 0 e. The number of nitrogens with zero attached hydrogens (tertiary/aromatic N) is 3. The molecule has 0 radical (unpaired) electrons. The van der Waals surface area contributed by atoms with Crippen molar-refractivity contribution in [2.75, 3.05) is 26.7 Å². The van der Waals surface area contributed by atoms with Gasteiger partial charge in [0.2, 0.25) is 0 Å². The van der Waals surface area contributed by atoms with E-state index in [4.69, 9.17) is 0 Å². The van der Waals surface area contributed by atoms with Crippen LogP contribution in [0.25, 0.3) is 5.32 Å². The molecule has 1 unspecified atom stereocenters. The molecule has 2 aliphatic rings. The zero-order valence-electron chi connectivity index (χ0n) is 8.38. The number of fused-ring (bicyclic) bond motifs is 1. The van der Waals surface area contributed by atoms with Crippen molar-refractivity contribution in [1.29, 1.82) is 0 Å². The molecule has 2 heterocycles. The molecule has 16 heavy (non-hydrogen) atoms. The first-order valence-electron chi connectivity index (χ1n) is 4.27. The van der Waals surface area contributed by atoms with E-state index in [0.717, 1.165) is 0 Å². The maximum atomic E-state index is 11.4. The molecule has 3 amide bonds. The Labute approximate surface area is 138 Å². The van der Waals surface area contributed by atoms with E-state index in [1.54, 1.807) is 4.90 Å². The molecule has 2 saturated heterocycles. The van der Waals surface area contributed by atoms with Gasteiger partial charge < -0.3 is 10.2 Å². The van der Waals surface area contributed by atoms with Gasteiger partial charge in [0.1, 0.15) is 0 Å². The Morgan fingerprint density at radius 2 is 2.00 bits per heavy atom. The fourth-order valence-electron chi connectivity index (χ4n) is 1.60. The van der Waals surface area contributed by atoms with Crippen molar-refractivity contribution in [3.05, 3.63) is 5.32 Å². The second-order valence-corrected chi connectivity index (χ2v) is 14.9. The number of urea groups is 1. The SMILES string of the molecule is CN1C(=O)C2C[N-]CCN2C1=O.[I][V][I].[Pt]. The summed E-state index contributed by atoms with van der Waals surface area (Å²) in [6.07, 6.45) is 0. The van der Waals surface area contributed by atoms with Gasteiger partial charge in [-0.1, -0.05) is 0 Å². The molecule has 0 aromatic heterocycles. The summed E-state index contributed by atoms with van der Waals surface area (Å²) in [5, 5.41) is 4.10. The Morgan fingerprint density at radius 3 is 2.50 bits per heavy atom. The standard InChI is InChI=1S/C7H10N3O2.2HI.Pt.V/c1-9-6(11)5-4-8-2-3-10(5)7(9)12;;;;/h5H,2-4H2,1H3;2*1H;;/q-1;;;;+2/p-2. The molecule has 1 atom stereocenters. The number of imide groups is 1. The van der Waals surface area contributed by atoms with Gasteiger partial charge in [-0.2, -0.15) is 0 Å². The molecule has 0 bridgehead atoms. The summed E-state index contributed by atoms with van der Waals surface area (Å²) < 4.78 is 0. The van der Waals surface area contributed by atoms with E-state index < -0.39 is 0 Å². The predicted octanol–water partition coefficient (Wildman–Crippen LogP) is 1.40. The number of halogens is 2. The third-order valence-electron chi connectivity index (χ3n) is 2.33. The summed E-state index contributed by atoms with van der Waals surface area (Å²) >= 11 is 4.74. The van der Waals surface area contributed by atoms with Crippen molar-refractivity contribution in [1.82, 2.24) is 9.80 Å². The van der Waals surface area contributed by atoms with Gasteiger partial charge in [-0.25, -0.2) is 4.79 Å². The number of hydrogen-bond donors (Lipinski definition) is 0. The minimum atomic E-state index is -0.309. The smallest absolute Gasteiger partial charge is 0 e. The van der Waals surface area contributed by atoms with E-state index in [0.29, 0.717) is 29.1 Å². The molecular formula is C7H10I2N3O2PtV-. The number of hydrogen-bond acceptors (Lipinski definition) is 2. The summed E-state index contributed by atoms with van der Waals surface area (Å²) in [5.74, 6) is -0.122. The van der Waals surface area contributed by atoms with Crippen LogP contribution in [0.5, 0.6) is 0 Å². The Balaban J connectivity index is 0.000000511. The van der Waals surface area contributed by atoms with Gasteiger partial charge in [-0.15, -0.1) is 13.1 Å². The number of piperazine rings is 1. The second kappa shape index (κ2) is 8.69. The molecular weight excluding hydrogens is 658 g/mol. The first-order chi connectivity index (χ1) is 7.13. The molecule has 2 fully saturated rings. The summed E-state index contributed by atoms with van der Waals surface area (Å²) in [4.78, 5) is 25.5. The van der Waals surface area contributed by atoms with Crippen LogP contribution in [0, 0.1) is 0 Å². The average molecular weight is 668 g/mol. The van der Waals surface area contributed by atoms with E-state index in [-0.39, 0.29) is 39.0 Å². The van der Waals surface area contributed by atoms with E-state index in [2.05, 4.69) is 45.3 Å². The number of likely N-dealkylation sites (N-methyl/N-ethyl adjacent to an activating group) is 1. The average Bonchev–Trinajstić information content (AvgIpc) is 2.46. The van der Waals surface area contributed by atoms with Gasteiger partial charge in [-0.3, -0.25) is 9.69 Å². The third-order valence-corrected chi connectivity index (χ3v) is 2.33. The van der Waals surface area contributed by atoms with Crippen LogP contribution in [0.4, 0.5) is 4.79 Å². The van der Waals surface area contributed by atoms with Crippen LogP contribution in [0.3, 0.4) is 0 Å². The van der Waals surface area contributed by atoms with Gasteiger partial charge >= 0.3 is 55.5 Å². The zero-order chi connectivity index (χ0) is 11.4. The molecule has 0 aromatic carbocycles. The van der Waals surface area contributed by atoms with Crippen molar-refractivity contribution < 1.29 is 40.1 Å². The number of rotatable bonds is 0. The number of carbonyl (C=O) groups is 2. The molecule has 2 aliphatic heterocycles. The predicted molar refractivity (Wildman–Crippen MR) is 69.8 cm³/mol. The van der Waals surface area contributed by atoms with Gasteiger partial charge in [0, 0.05) is 34.7 Å². The molecule has 95 valence electrons. The monoisotopic (exact) mass is 668 g/mol. The van der Waals surface area contributed by atoms with Crippen LogP contribution >= 0.6 is 40.0 Å². The summed E-state index contributed by atoms with van der Waals surface area (Å²) in [7, 11) is 2.14.